The van der Waals surface area contributed by atoms with E-state index in [9.17, 15) is 19.5 Å². The fourth-order valence-electron chi connectivity index (χ4n) is 3.97. The predicted molar refractivity (Wildman–Crippen MR) is 116 cm³/mol. The second-order valence-corrected chi connectivity index (χ2v) is 7.59. The summed E-state index contributed by atoms with van der Waals surface area (Å²) in [4.78, 5) is 38.8. The fraction of sp³-hybridized carbons (Fsp3) is 0.0800. The third-order valence-electron chi connectivity index (χ3n) is 5.56. The molecule has 0 radical (unpaired) electrons. The number of hydrogen-bond acceptors (Lipinski definition) is 6. The van der Waals surface area contributed by atoms with Crippen molar-refractivity contribution in [3.05, 3.63) is 107 Å². The van der Waals surface area contributed by atoms with Crippen LogP contribution in [0.2, 0.25) is 0 Å². The smallest absolute Gasteiger partial charge is 0.335 e. The summed E-state index contributed by atoms with van der Waals surface area (Å²) in [6.07, 6.45) is 1.41. The first-order valence-electron chi connectivity index (χ1n) is 10.1. The molecule has 164 valence electrons. The Hall–Kier alpha value is -4.59. The topological polar surface area (TPSA) is 121 Å². The monoisotopic (exact) mass is 443 g/mol. The minimum Gasteiger partial charge on any atom is -0.503 e. The first-order chi connectivity index (χ1) is 15.9. The van der Waals surface area contributed by atoms with Gasteiger partial charge in [-0.25, -0.2) is 4.79 Å². The van der Waals surface area contributed by atoms with Gasteiger partial charge in [0.1, 0.15) is 17.4 Å². The number of aliphatic hydroxyl groups excluding tert-OH is 1. The lowest BCUT2D eigenvalue weighted by Crippen LogP contribution is -2.30. The number of carboxylic acids is 1. The van der Waals surface area contributed by atoms with E-state index in [0.29, 0.717) is 16.9 Å². The van der Waals surface area contributed by atoms with Crippen molar-refractivity contribution >= 4 is 28.6 Å². The third-order valence-corrected chi connectivity index (χ3v) is 5.56. The maximum Gasteiger partial charge on any atom is 0.335 e. The predicted octanol–water partition coefficient (Wildman–Crippen LogP) is 4.50. The number of ketones is 1. The molecule has 2 N–H and O–H groups in total. The molecule has 0 spiro atoms. The van der Waals surface area contributed by atoms with Gasteiger partial charge >= 0.3 is 5.97 Å². The highest BCUT2D eigenvalue weighted by molar-refractivity contribution is 6.15. The van der Waals surface area contributed by atoms with Crippen LogP contribution in [-0.4, -0.2) is 32.8 Å². The number of nitrogens with zero attached hydrogens (tertiary/aromatic N) is 1. The van der Waals surface area contributed by atoms with Gasteiger partial charge in [0.2, 0.25) is 5.78 Å². The first-order valence-corrected chi connectivity index (χ1v) is 10.1. The Bertz CT molecular complexity index is 1380. The minimum absolute atomic E-state index is 0.00485. The van der Waals surface area contributed by atoms with Crippen LogP contribution in [0, 0.1) is 0 Å². The van der Waals surface area contributed by atoms with E-state index in [1.807, 2.05) is 6.07 Å². The maximum absolute atomic E-state index is 13.4. The minimum atomic E-state index is -1.06. The third kappa shape index (κ3) is 3.47. The van der Waals surface area contributed by atoms with Gasteiger partial charge < -0.3 is 23.9 Å². The molecule has 0 aliphatic carbocycles. The summed E-state index contributed by atoms with van der Waals surface area (Å²) >= 11 is 0. The summed E-state index contributed by atoms with van der Waals surface area (Å²) in [5.41, 5.74) is 1.09. The normalized spacial score (nSPS) is 16.1. The van der Waals surface area contributed by atoms with E-state index in [4.69, 9.17) is 13.9 Å². The fourth-order valence-corrected chi connectivity index (χ4v) is 3.97. The van der Waals surface area contributed by atoms with Crippen LogP contribution >= 0.6 is 0 Å². The van der Waals surface area contributed by atoms with Gasteiger partial charge in [0.25, 0.3) is 5.91 Å². The van der Waals surface area contributed by atoms with Crippen LogP contribution in [0.4, 0.5) is 0 Å². The second-order valence-electron chi connectivity index (χ2n) is 7.59. The summed E-state index contributed by atoms with van der Waals surface area (Å²) in [5, 5.41) is 20.5. The molecule has 0 fully saturated rings. The van der Waals surface area contributed by atoms with E-state index in [2.05, 4.69) is 0 Å². The lowest BCUT2D eigenvalue weighted by molar-refractivity contribution is -0.130. The molecule has 8 nitrogen and oxygen atoms in total. The van der Waals surface area contributed by atoms with Gasteiger partial charge in [-0.1, -0.05) is 30.3 Å². The van der Waals surface area contributed by atoms with Crippen molar-refractivity contribution < 1.29 is 33.4 Å². The Balaban J connectivity index is 1.53. The standard InChI is InChI=1S/C25H17NO7/c27-22(19-12-16-4-1-2-5-17(16)33-19)20-21(18-6-3-11-32-18)26(24(29)23(20)28)13-14-7-9-15(10-8-14)25(30)31/h1-12,21,28H,13H2,(H,30,31). The number of aromatic carboxylic acids is 1. The van der Waals surface area contributed by atoms with Crippen LogP contribution in [0.3, 0.4) is 0 Å². The summed E-state index contributed by atoms with van der Waals surface area (Å²) in [6.45, 7) is 0.0189. The molecule has 8 heteroatoms. The van der Waals surface area contributed by atoms with Crippen LogP contribution in [0.5, 0.6) is 0 Å². The number of Topliss-reactive ketones (excluding diaryl/α,β-unsaturated/α-hetero) is 1. The quantitative estimate of drug-likeness (QED) is 0.421. The number of carbonyl (C=O) groups is 3. The van der Waals surface area contributed by atoms with Gasteiger partial charge in [-0.3, -0.25) is 9.59 Å². The van der Waals surface area contributed by atoms with Gasteiger partial charge in [-0.2, -0.15) is 0 Å². The van der Waals surface area contributed by atoms with E-state index in [0.717, 1.165) is 5.39 Å². The molecule has 3 heterocycles. The number of aliphatic hydroxyl groups is 1. The van der Waals surface area contributed by atoms with Crippen molar-refractivity contribution in [2.75, 3.05) is 0 Å². The Labute approximate surface area is 187 Å². The molecule has 0 saturated carbocycles. The molecule has 1 amide bonds. The molecule has 2 aromatic carbocycles. The molecule has 4 aromatic rings. The number of carboxylic acid groups (broad SMARTS) is 1. The van der Waals surface area contributed by atoms with Crippen molar-refractivity contribution in [1.82, 2.24) is 4.90 Å². The molecular weight excluding hydrogens is 426 g/mol. The van der Waals surface area contributed by atoms with Crippen molar-refractivity contribution in [3.63, 3.8) is 0 Å². The number of para-hydroxylation sites is 1. The van der Waals surface area contributed by atoms with Crippen molar-refractivity contribution in [2.45, 2.75) is 12.6 Å². The highest BCUT2D eigenvalue weighted by Crippen LogP contribution is 2.40. The van der Waals surface area contributed by atoms with Crippen LogP contribution in [0.15, 0.2) is 93.2 Å². The number of furan rings is 2. The lowest BCUT2D eigenvalue weighted by atomic mass is 9.99. The van der Waals surface area contributed by atoms with E-state index >= 15 is 0 Å². The molecule has 1 aliphatic rings. The Morgan fingerprint density at radius 2 is 1.76 bits per heavy atom. The maximum atomic E-state index is 13.4. The van der Waals surface area contributed by atoms with Gasteiger partial charge in [0.15, 0.2) is 11.5 Å². The first kappa shape index (κ1) is 20.3. The van der Waals surface area contributed by atoms with Crippen LogP contribution in [-0.2, 0) is 11.3 Å². The zero-order chi connectivity index (χ0) is 23.1. The molecular formula is C25H17NO7. The van der Waals surface area contributed by atoms with Crippen LogP contribution < -0.4 is 0 Å². The lowest BCUT2D eigenvalue weighted by Gasteiger charge is -2.24. The van der Waals surface area contributed by atoms with Crippen LogP contribution in [0.1, 0.15) is 38.3 Å². The molecule has 0 saturated heterocycles. The Kier molecular flexibility index (Phi) is 4.82. The Morgan fingerprint density at radius 1 is 1.00 bits per heavy atom. The highest BCUT2D eigenvalue weighted by Gasteiger charge is 2.45. The van der Waals surface area contributed by atoms with Crippen molar-refractivity contribution in [2.24, 2.45) is 0 Å². The molecule has 5 rings (SSSR count). The second kappa shape index (κ2) is 7.83. The van der Waals surface area contributed by atoms with Gasteiger partial charge in [-0.15, -0.1) is 0 Å². The molecule has 1 unspecified atom stereocenters. The van der Waals surface area contributed by atoms with Crippen LogP contribution in [0.25, 0.3) is 11.0 Å². The number of benzene rings is 2. The number of hydrogen-bond donors (Lipinski definition) is 2. The molecule has 0 bridgehead atoms. The summed E-state index contributed by atoms with van der Waals surface area (Å²) < 4.78 is 11.2. The number of amides is 1. The number of fused-ring (bicyclic) bond motifs is 1. The number of rotatable bonds is 6. The van der Waals surface area contributed by atoms with Gasteiger partial charge in [0.05, 0.1) is 17.4 Å². The van der Waals surface area contributed by atoms with Gasteiger partial charge in [0, 0.05) is 11.9 Å². The summed E-state index contributed by atoms with van der Waals surface area (Å²) in [5.74, 6) is -2.81. The summed E-state index contributed by atoms with van der Waals surface area (Å²) in [6, 6.07) is 16.9. The average molecular weight is 443 g/mol. The van der Waals surface area contributed by atoms with E-state index in [1.54, 1.807) is 48.5 Å². The molecule has 2 aromatic heterocycles. The van der Waals surface area contributed by atoms with E-state index < -0.39 is 29.5 Å². The number of carbonyl (C=O) groups excluding carboxylic acids is 2. The molecule has 1 aliphatic heterocycles. The van der Waals surface area contributed by atoms with Gasteiger partial charge in [-0.05, 0) is 42.0 Å². The van der Waals surface area contributed by atoms with Crippen molar-refractivity contribution in [3.8, 4) is 0 Å². The molecule has 33 heavy (non-hydrogen) atoms. The summed E-state index contributed by atoms with van der Waals surface area (Å²) in [7, 11) is 0. The average Bonchev–Trinajstić information content (AvgIpc) is 3.54. The van der Waals surface area contributed by atoms with E-state index in [1.165, 1.54) is 23.3 Å². The largest absolute Gasteiger partial charge is 0.503 e. The molecule has 1 atom stereocenters. The highest BCUT2D eigenvalue weighted by atomic mass is 16.4. The zero-order valence-electron chi connectivity index (χ0n) is 17.1. The SMILES string of the molecule is O=C(O)c1ccc(CN2C(=O)C(O)=C(C(=O)c3cc4ccccc4o3)C2c2ccco2)cc1. The van der Waals surface area contributed by atoms with Crippen molar-refractivity contribution in [1.29, 1.82) is 0 Å². The Morgan fingerprint density at radius 3 is 2.42 bits per heavy atom. The zero-order valence-corrected chi connectivity index (χ0v) is 17.1. The van der Waals surface area contributed by atoms with E-state index in [-0.39, 0.29) is 23.4 Å².